The number of hydrogen-bond donors (Lipinski definition) is 1. The Morgan fingerprint density at radius 2 is 2.50 bits per heavy atom. The molecule has 14 heavy (non-hydrogen) atoms. The zero-order chi connectivity index (χ0) is 9.97. The summed E-state index contributed by atoms with van der Waals surface area (Å²) in [5.41, 5.74) is 1.24. The van der Waals surface area contributed by atoms with Crippen LogP contribution in [0.2, 0.25) is 0 Å². The van der Waals surface area contributed by atoms with Gasteiger partial charge in [0.05, 0.1) is 7.11 Å². The van der Waals surface area contributed by atoms with Crippen LogP contribution < -0.4 is 10.1 Å². The van der Waals surface area contributed by atoms with Crippen molar-refractivity contribution in [2.24, 2.45) is 7.05 Å². The van der Waals surface area contributed by atoms with Crippen LogP contribution in [-0.2, 0) is 7.05 Å². The van der Waals surface area contributed by atoms with Gasteiger partial charge in [-0.25, -0.2) is 0 Å². The van der Waals surface area contributed by atoms with E-state index in [0.29, 0.717) is 5.92 Å². The van der Waals surface area contributed by atoms with Crippen molar-refractivity contribution in [3.05, 3.63) is 11.8 Å². The van der Waals surface area contributed by atoms with Crippen molar-refractivity contribution in [2.45, 2.75) is 18.8 Å². The maximum absolute atomic E-state index is 5.26. The summed E-state index contributed by atoms with van der Waals surface area (Å²) in [4.78, 5) is 0. The average Bonchev–Trinajstić information content (AvgIpc) is 2.61. The second kappa shape index (κ2) is 4.00. The summed E-state index contributed by atoms with van der Waals surface area (Å²) in [7, 11) is 3.62. The molecule has 1 atom stereocenters. The highest BCUT2D eigenvalue weighted by atomic mass is 16.5. The Labute approximate surface area is 84.3 Å². The van der Waals surface area contributed by atoms with E-state index in [1.165, 1.54) is 18.4 Å². The SMILES string of the molecule is COc1nn(C)cc1C1CCCNC1. The highest BCUT2D eigenvalue weighted by Gasteiger charge is 2.21. The van der Waals surface area contributed by atoms with Crippen LogP contribution >= 0.6 is 0 Å². The molecule has 78 valence electrons. The van der Waals surface area contributed by atoms with E-state index < -0.39 is 0 Å². The Bertz CT molecular complexity index is 302. The van der Waals surface area contributed by atoms with Gasteiger partial charge in [-0.3, -0.25) is 4.68 Å². The van der Waals surface area contributed by atoms with Crippen LogP contribution in [-0.4, -0.2) is 30.0 Å². The average molecular weight is 195 g/mol. The molecule has 2 rings (SSSR count). The molecule has 0 radical (unpaired) electrons. The lowest BCUT2D eigenvalue weighted by Gasteiger charge is -2.21. The second-order valence-electron chi connectivity index (χ2n) is 3.81. The van der Waals surface area contributed by atoms with Gasteiger partial charge in [0, 0.05) is 31.3 Å². The van der Waals surface area contributed by atoms with Crippen molar-refractivity contribution >= 4 is 0 Å². The molecule has 0 aromatic carbocycles. The highest BCUT2D eigenvalue weighted by molar-refractivity contribution is 5.28. The van der Waals surface area contributed by atoms with Gasteiger partial charge in [0.1, 0.15) is 0 Å². The minimum Gasteiger partial charge on any atom is -0.480 e. The van der Waals surface area contributed by atoms with E-state index in [4.69, 9.17) is 4.74 Å². The molecular formula is C10H17N3O. The molecule has 0 bridgehead atoms. The monoisotopic (exact) mass is 195 g/mol. The third kappa shape index (κ3) is 1.75. The molecule has 0 aliphatic carbocycles. The molecule has 1 aliphatic rings. The molecule has 1 N–H and O–H groups in total. The van der Waals surface area contributed by atoms with Crippen LogP contribution in [0.5, 0.6) is 5.88 Å². The normalized spacial score (nSPS) is 22.3. The Morgan fingerprint density at radius 1 is 1.64 bits per heavy atom. The first-order valence-corrected chi connectivity index (χ1v) is 5.09. The molecule has 0 spiro atoms. The number of aromatic nitrogens is 2. The summed E-state index contributed by atoms with van der Waals surface area (Å²) in [5.74, 6) is 1.34. The summed E-state index contributed by atoms with van der Waals surface area (Å²) in [6.07, 6.45) is 4.54. The number of rotatable bonds is 2. The molecule has 2 heterocycles. The molecule has 1 aliphatic heterocycles. The van der Waals surface area contributed by atoms with Gasteiger partial charge < -0.3 is 10.1 Å². The van der Waals surface area contributed by atoms with Gasteiger partial charge in [-0.1, -0.05) is 0 Å². The smallest absolute Gasteiger partial charge is 0.236 e. The van der Waals surface area contributed by atoms with Crippen molar-refractivity contribution in [1.82, 2.24) is 15.1 Å². The van der Waals surface area contributed by atoms with Gasteiger partial charge in [0.2, 0.25) is 5.88 Å². The predicted molar refractivity (Wildman–Crippen MR) is 54.6 cm³/mol. The van der Waals surface area contributed by atoms with Crippen LogP contribution in [0, 0.1) is 0 Å². The predicted octanol–water partition coefficient (Wildman–Crippen LogP) is 0.896. The van der Waals surface area contributed by atoms with Crippen molar-refractivity contribution in [2.75, 3.05) is 20.2 Å². The van der Waals surface area contributed by atoms with Gasteiger partial charge in [-0.2, -0.15) is 0 Å². The Hall–Kier alpha value is -1.03. The van der Waals surface area contributed by atoms with Crippen LogP contribution in [0.25, 0.3) is 0 Å². The summed E-state index contributed by atoms with van der Waals surface area (Å²) < 4.78 is 7.08. The van der Waals surface area contributed by atoms with Gasteiger partial charge >= 0.3 is 0 Å². The third-order valence-corrected chi connectivity index (χ3v) is 2.75. The third-order valence-electron chi connectivity index (χ3n) is 2.75. The molecule has 1 fully saturated rings. The highest BCUT2D eigenvalue weighted by Crippen LogP contribution is 2.29. The standard InChI is InChI=1S/C10H17N3O/c1-13-7-9(10(12-13)14-2)8-4-3-5-11-6-8/h7-8,11H,3-6H2,1-2H3. The number of hydrogen-bond acceptors (Lipinski definition) is 3. The fraction of sp³-hybridized carbons (Fsp3) is 0.700. The summed E-state index contributed by atoms with van der Waals surface area (Å²) in [6.45, 7) is 2.18. The van der Waals surface area contributed by atoms with E-state index in [1.807, 2.05) is 11.7 Å². The molecule has 1 aromatic rings. The lowest BCUT2D eigenvalue weighted by atomic mass is 9.94. The first kappa shape index (κ1) is 9.52. The molecule has 4 heteroatoms. The Morgan fingerprint density at radius 3 is 3.14 bits per heavy atom. The summed E-state index contributed by atoms with van der Waals surface area (Å²) >= 11 is 0. The summed E-state index contributed by atoms with van der Waals surface area (Å²) in [5, 5.41) is 7.67. The van der Waals surface area contributed by atoms with Crippen LogP contribution in [0.15, 0.2) is 6.20 Å². The van der Waals surface area contributed by atoms with E-state index in [0.717, 1.165) is 19.0 Å². The largest absolute Gasteiger partial charge is 0.480 e. The van der Waals surface area contributed by atoms with Crippen molar-refractivity contribution in [1.29, 1.82) is 0 Å². The number of nitrogens with zero attached hydrogens (tertiary/aromatic N) is 2. The zero-order valence-electron chi connectivity index (χ0n) is 8.79. The van der Waals surface area contributed by atoms with Crippen LogP contribution in [0.3, 0.4) is 0 Å². The quantitative estimate of drug-likeness (QED) is 0.762. The van der Waals surface area contributed by atoms with Crippen molar-refractivity contribution < 1.29 is 4.74 Å². The van der Waals surface area contributed by atoms with Gasteiger partial charge in [-0.05, 0) is 19.4 Å². The molecule has 1 unspecified atom stereocenters. The van der Waals surface area contributed by atoms with E-state index in [2.05, 4.69) is 16.6 Å². The number of nitrogens with one attached hydrogen (secondary N) is 1. The minimum atomic E-state index is 0.562. The summed E-state index contributed by atoms with van der Waals surface area (Å²) in [6, 6.07) is 0. The number of piperidine rings is 1. The molecule has 1 saturated heterocycles. The van der Waals surface area contributed by atoms with Crippen LogP contribution in [0.4, 0.5) is 0 Å². The van der Waals surface area contributed by atoms with E-state index in [-0.39, 0.29) is 0 Å². The number of methoxy groups -OCH3 is 1. The van der Waals surface area contributed by atoms with E-state index in [1.54, 1.807) is 7.11 Å². The van der Waals surface area contributed by atoms with Crippen LogP contribution in [0.1, 0.15) is 24.3 Å². The van der Waals surface area contributed by atoms with Crippen molar-refractivity contribution in [3.8, 4) is 5.88 Å². The Balaban J connectivity index is 2.20. The van der Waals surface area contributed by atoms with E-state index in [9.17, 15) is 0 Å². The molecule has 4 nitrogen and oxygen atoms in total. The molecular weight excluding hydrogens is 178 g/mol. The fourth-order valence-electron chi connectivity index (χ4n) is 2.04. The lowest BCUT2D eigenvalue weighted by Crippen LogP contribution is -2.28. The van der Waals surface area contributed by atoms with Gasteiger partial charge in [-0.15, -0.1) is 5.10 Å². The first-order valence-electron chi connectivity index (χ1n) is 5.09. The fourth-order valence-corrected chi connectivity index (χ4v) is 2.04. The van der Waals surface area contributed by atoms with Crippen molar-refractivity contribution in [3.63, 3.8) is 0 Å². The molecule has 1 aromatic heterocycles. The van der Waals surface area contributed by atoms with E-state index >= 15 is 0 Å². The maximum atomic E-state index is 5.26. The second-order valence-corrected chi connectivity index (χ2v) is 3.81. The lowest BCUT2D eigenvalue weighted by molar-refractivity contribution is 0.376. The van der Waals surface area contributed by atoms with Gasteiger partial charge in [0.15, 0.2) is 0 Å². The maximum Gasteiger partial charge on any atom is 0.236 e. The zero-order valence-corrected chi connectivity index (χ0v) is 8.79. The molecule has 0 amide bonds. The first-order chi connectivity index (χ1) is 6.81. The Kier molecular flexibility index (Phi) is 2.72. The number of ether oxygens (including phenoxy) is 1. The molecule has 0 saturated carbocycles. The number of aryl methyl sites for hydroxylation is 1. The topological polar surface area (TPSA) is 39.1 Å². The van der Waals surface area contributed by atoms with Gasteiger partial charge in [0.25, 0.3) is 0 Å². The minimum absolute atomic E-state index is 0.562.